The first-order chi connectivity index (χ1) is 13.8. The highest BCUT2D eigenvalue weighted by molar-refractivity contribution is 7.48. The number of hydrogen-bond acceptors (Lipinski definition) is 5. The Kier molecular flexibility index (Phi) is 6.25. The maximum Gasteiger partial charge on any atom is 0.261 e. The van der Waals surface area contributed by atoms with Gasteiger partial charge >= 0.3 is 0 Å². The Labute approximate surface area is 180 Å². The van der Waals surface area contributed by atoms with Crippen molar-refractivity contribution < 1.29 is 23.5 Å². The Bertz CT molecular complexity index is 865. The SMILES string of the molecule is CC1(C)CC1(CO[Si](c1ccccc1)(c1ccccc1)C(C)(C)C)OCP(=O)([O-])[O-]. The molecule has 164 valence electrons. The highest BCUT2D eigenvalue weighted by Crippen LogP contribution is 2.59. The molecule has 1 unspecified atom stereocenters. The maximum atomic E-state index is 11.2. The van der Waals surface area contributed by atoms with E-state index in [2.05, 4.69) is 45.0 Å². The second-order valence-corrected chi connectivity index (χ2v) is 15.7. The Morgan fingerprint density at radius 1 is 0.967 bits per heavy atom. The van der Waals surface area contributed by atoms with Crippen LogP contribution in [0.15, 0.2) is 60.7 Å². The first-order valence-corrected chi connectivity index (χ1v) is 13.9. The molecule has 30 heavy (non-hydrogen) atoms. The fourth-order valence-electron chi connectivity index (χ4n) is 4.39. The van der Waals surface area contributed by atoms with Crippen molar-refractivity contribution in [1.82, 2.24) is 0 Å². The van der Waals surface area contributed by atoms with E-state index >= 15 is 0 Å². The highest BCUT2D eigenvalue weighted by atomic mass is 31.2. The Hall–Kier alpha value is -1.27. The van der Waals surface area contributed by atoms with E-state index in [1.165, 1.54) is 0 Å². The molecular formula is C23H31O5PSi-2. The lowest BCUT2D eigenvalue weighted by atomic mass is 10.1. The highest BCUT2D eigenvalue weighted by Gasteiger charge is 2.64. The van der Waals surface area contributed by atoms with Gasteiger partial charge in [0.15, 0.2) is 0 Å². The molecule has 0 bridgehead atoms. The van der Waals surface area contributed by atoms with E-state index in [1.54, 1.807) is 0 Å². The molecule has 0 amide bonds. The molecule has 2 aromatic carbocycles. The van der Waals surface area contributed by atoms with Crippen LogP contribution in [0.3, 0.4) is 0 Å². The summed E-state index contributed by atoms with van der Waals surface area (Å²) < 4.78 is 23.9. The van der Waals surface area contributed by atoms with E-state index in [9.17, 15) is 14.4 Å². The van der Waals surface area contributed by atoms with Crippen LogP contribution in [-0.4, -0.2) is 26.9 Å². The molecule has 7 heteroatoms. The van der Waals surface area contributed by atoms with E-state index in [0.29, 0.717) is 6.42 Å². The van der Waals surface area contributed by atoms with Gasteiger partial charge in [-0.1, -0.05) is 95.3 Å². The van der Waals surface area contributed by atoms with Crippen LogP contribution in [0, 0.1) is 5.41 Å². The molecule has 1 aliphatic carbocycles. The largest absolute Gasteiger partial charge is 0.809 e. The summed E-state index contributed by atoms with van der Waals surface area (Å²) in [5.74, 6) is 0. The van der Waals surface area contributed by atoms with Gasteiger partial charge in [-0.25, -0.2) is 0 Å². The van der Waals surface area contributed by atoms with Crippen LogP contribution in [0.2, 0.25) is 5.04 Å². The smallest absolute Gasteiger partial charge is 0.261 e. The summed E-state index contributed by atoms with van der Waals surface area (Å²) in [6, 6.07) is 20.5. The van der Waals surface area contributed by atoms with Crippen molar-refractivity contribution in [3.8, 4) is 0 Å². The molecule has 2 aromatic rings. The van der Waals surface area contributed by atoms with Crippen molar-refractivity contribution in [2.45, 2.75) is 51.7 Å². The molecule has 5 nitrogen and oxygen atoms in total. The predicted octanol–water partition coefficient (Wildman–Crippen LogP) is 2.62. The number of ether oxygens (including phenoxy) is 1. The van der Waals surface area contributed by atoms with Gasteiger partial charge in [-0.3, -0.25) is 0 Å². The van der Waals surface area contributed by atoms with Crippen LogP contribution in [0.4, 0.5) is 0 Å². The minimum atomic E-state index is -4.76. The van der Waals surface area contributed by atoms with Gasteiger partial charge in [0.1, 0.15) is 0 Å². The molecular weight excluding hydrogens is 415 g/mol. The van der Waals surface area contributed by atoms with Crippen molar-refractivity contribution in [1.29, 1.82) is 0 Å². The fraction of sp³-hybridized carbons (Fsp3) is 0.478. The molecule has 1 saturated carbocycles. The Morgan fingerprint density at radius 3 is 1.73 bits per heavy atom. The molecule has 0 radical (unpaired) electrons. The predicted molar refractivity (Wildman–Crippen MR) is 118 cm³/mol. The zero-order valence-corrected chi connectivity index (χ0v) is 20.3. The second-order valence-electron chi connectivity index (χ2n) is 9.89. The van der Waals surface area contributed by atoms with Gasteiger partial charge in [0.2, 0.25) is 0 Å². The number of rotatable bonds is 8. The average molecular weight is 447 g/mol. The van der Waals surface area contributed by atoms with E-state index in [-0.39, 0.29) is 17.1 Å². The second kappa shape index (κ2) is 8.01. The van der Waals surface area contributed by atoms with E-state index < -0.39 is 27.9 Å². The van der Waals surface area contributed by atoms with Crippen molar-refractivity contribution in [3.05, 3.63) is 60.7 Å². The van der Waals surface area contributed by atoms with Gasteiger partial charge in [-0.05, 0) is 34.8 Å². The van der Waals surface area contributed by atoms with Gasteiger partial charge < -0.3 is 23.5 Å². The molecule has 0 heterocycles. The quantitative estimate of drug-likeness (QED) is 0.460. The summed E-state index contributed by atoms with van der Waals surface area (Å²) in [6.07, 6.45) is -0.154. The molecule has 1 fully saturated rings. The van der Waals surface area contributed by atoms with Crippen LogP contribution in [0.25, 0.3) is 0 Å². The summed E-state index contributed by atoms with van der Waals surface area (Å²) in [6.45, 7) is 10.8. The summed E-state index contributed by atoms with van der Waals surface area (Å²) in [4.78, 5) is 22.5. The first-order valence-electron chi connectivity index (χ1n) is 10.2. The minimum Gasteiger partial charge on any atom is -0.809 e. The zero-order chi connectivity index (χ0) is 22.3. The fourth-order valence-corrected chi connectivity index (χ4v) is 9.40. The van der Waals surface area contributed by atoms with Gasteiger partial charge in [0.05, 0.1) is 18.6 Å². The monoisotopic (exact) mass is 446 g/mol. The molecule has 0 saturated heterocycles. The summed E-state index contributed by atoms with van der Waals surface area (Å²) in [5, 5.41) is 2.11. The van der Waals surface area contributed by atoms with E-state index in [0.717, 1.165) is 10.4 Å². The van der Waals surface area contributed by atoms with Crippen LogP contribution in [0.1, 0.15) is 41.0 Å². The maximum absolute atomic E-state index is 11.2. The lowest BCUT2D eigenvalue weighted by Crippen LogP contribution is -2.67. The van der Waals surface area contributed by atoms with Gasteiger partial charge in [-0.2, -0.15) is 0 Å². The molecule has 0 N–H and O–H groups in total. The van der Waals surface area contributed by atoms with Crippen molar-refractivity contribution in [3.63, 3.8) is 0 Å². The Morgan fingerprint density at radius 2 is 1.40 bits per heavy atom. The lowest BCUT2D eigenvalue weighted by molar-refractivity contribution is -0.319. The third-order valence-corrected chi connectivity index (χ3v) is 11.7. The number of benzene rings is 2. The minimum absolute atomic E-state index is 0.192. The first kappa shape index (κ1) is 23.4. The zero-order valence-electron chi connectivity index (χ0n) is 18.4. The van der Waals surface area contributed by atoms with Crippen molar-refractivity contribution in [2.75, 3.05) is 13.0 Å². The topological polar surface area (TPSA) is 81.7 Å². The standard InChI is InChI=1S/C23H33O5PSi/c1-21(2,3)30(19-12-8-6-9-13-19,20-14-10-7-11-15-20)28-17-23(16-22(23,4)5)27-18-29(24,25)26/h6-15H,16-18H2,1-5H3,(H2,24,25,26)/p-2. The molecule has 3 rings (SSSR count). The van der Waals surface area contributed by atoms with Gasteiger partial charge in [-0.15, -0.1) is 0 Å². The van der Waals surface area contributed by atoms with Crippen molar-refractivity contribution >= 4 is 26.3 Å². The molecule has 1 aliphatic rings. The summed E-state index contributed by atoms with van der Waals surface area (Å²) >= 11 is 0. The summed E-state index contributed by atoms with van der Waals surface area (Å²) in [5.41, 5.74) is -1.03. The van der Waals surface area contributed by atoms with Crippen LogP contribution >= 0.6 is 7.60 Å². The third kappa shape index (κ3) is 4.50. The molecule has 0 aliphatic heterocycles. The van der Waals surface area contributed by atoms with Gasteiger partial charge in [0.25, 0.3) is 8.32 Å². The van der Waals surface area contributed by atoms with Crippen LogP contribution in [0.5, 0.6) is 0 Å². The van der Waals surface area contributed by atoms with Crippen molar-refractivity contribution in [2.24, 2.45) is 5.41 Å². The average Bonchev–Trinajstić information content (AvgIpc) is 3.22. The van der Waals surface area contributed by atoms with E-state index in [4.69, 9.17) is 9.16 Å². The normalized spacial score (nSPS) is 21.4. The molecule has 0 spiro atoms. The lowest BCUT2D eigenvalue weighted by Gasteiger charge is -2.44. The summed E-state index contributed by atoms with van der Waals surface area (Å²) in [7, 11) is -7.52. The third-order valence-electron chi connectivity index (χ3n) is 6.27. The molecule has 0 aromatic heterocycles. The van der Waals surface area contributed by atoms with Crippen LogP contribution in [-0.2, 0) is 13.7 Å². The van der Waals surface area contributed by atoms with E-state index in [1.807, 2.05) is 50.2 Å². The molecule has 1 atom stereocenters. The number of hydrogen-bond donors (Lipinski definition) is 0. The Balaban J connectivity index is 2.03. The van der Waals surface area contributed by atoms with Crippen LogP contribution < -0.4 is 20.2 Å². The van der Waals surface area contributed by atoms with Gasteiger partial charge in [0, 0.05) is 0 Å².